The zero-order chi connectivity index (χ0) is 11.4. The fourth-order valence-electron chi connectivity index (χ4n) is 1.47. The van der Waals surface area contributed by atoms with Crippen molar-refractivity contribution in [2.45, 2.75) is 25.7 Å². The standard InChI is InChI=1S/C9H11NO5/c11-7(9(14)15)10-6-4-2-1-3-5(6)8(12)13/h1-4H2,(H,10,11)(H,12,13)(H,14,15). The van der Waals surface area contributed by atoms with Crippen LogP contribution in [-0.4, -0.2) is 28.1 Å². The lowest BCUT2D eigenvalue weighted by Crippen LogP contribution is -2.32. The lowest BCUT2D eigenvalue weighted by atomic mass is 9.96. The van der Waals surface area contributed by atoms with Crippen molar-refractivity contribution >= 4 is 17.8 Å². The van der Waals surface area contributed by atoms with E-state index in [1.807, 2.05) is 0 Å². The third-order valence-electron chi connectivity index (χ3n) is 2.18. The van der Waals surface area contributed by atoms with Gasteiger partial charge in [0, 0.05) is 5.70 Å². The molecule has 0 unspecified atom stereocenters. The molecule has 82 valence electrons. The van der Waals surface area contributed by atoms with E-state index >= 15 is 0 Å². The molecule has 1 aliphatic rings. The van der Waals surface area contributed by atoms with Gasteiger partial charge in [-0.25, -0.2) is 9.59 Å². The lowest BCUT2D eigenvalue weighted by Gasteiger charge is -2.17. The summed E-state index contributed by atoms with van der Waals surface area (Å²) in [4.78, 5) is 31.9. The third kappa shape index (κ3) is 2.80. The number of allylic oxidation sites excluding steroid dienone is 1. The molecule has 0 bridgehead atoms. The Kier molecular flexibility index (Phi) is 3.43. The van der Waals surface area contributed by atoms with Crippen molar-refractivity contribution < 1.29 is 24.6 Å². The molecular weight excluding hydrogens is 202 g/mol. The summed E-state index contributed by atoms with van der Waals surface area (Å²) in [5, 5.41) is 19.3. The highest BCUT2D eigenvalue weighted by Gasteiger charge is 2.21. The fraction of sp³-hybridized carbons (Fsp3) is 0.444. The van der Waals surface area contributed by atoms with Crippen molar-refractivity contribution in [3.8, 4) is 0 Å². The minimum atomic E-state index is -1.61. The number of hydrogen-bond acceptors (Lipinski definition) is 3. The number of nitrogens with one attached hydrogen (secondary N) is 1. The molecule has 0 saturated carbocycles. The first-order valence-corrected chi connectivity index (χ1v) is 4.52. The van der Waals surface area contributed by atoms with Gasteiger partial charge in [0.15, 0.2) is 0 Å². The molecule has 0 aromatic carbocycles. The number of carbonyl (C=O) groups is 3. The van der Waals surface area contributed by atoms with E-state index in [2.05, 4.69) is 5.32 Å². The molecule has 1 rings (SSSR count). The lowest BCUT2D eigenvalue weighted by molar-refractivity contribution is -0.149. The zero-order valence-electron chi connectivity index (χ0n) is 7.95. The first kappa shape index (κ1) is 11.2. The molecule has 1 amide bonds. The van der Waals surface area contributed by atoms with E-state index in [-0.39, 0.29) is 11.3 Å². The van der Waals surface area contributed by atoms with Gasteiger partial charge in [0.25, 0.3) is 0 Å². The number of carboxylic acid groups (broad SMARTS) is 2. The van der Waals surface area contributed by atoms with Crippen molar-refractivity contribution in [2.75, 3.05) is 0 Å². The maximum absolute atomic E-state index is 10.8. The van der Waals surface area contributed by atoms with Crippen molar-refractivity contribution in [1.29, 1.82) is 0 Å². The van der Waals surface area contributed by atoms with E-state index in [1.165, 1.54) is 0 Å². The average Bonchev–Trinajstić information content (AvgIpc) is 2.18. The Balaban J connectivity index is 2.84. The molecular formula is C9H11NO5. The van der Waals surface area contributed by atoms with Crippen LogP contribution < -0.4 is 5.32 Å². The van der Waals surface area contributed by atoms with E-state index in [4.69, 9.17) is 10.2 Å². The quantitative estimate of drug-likeness (QED) is 0.564. The molecule has 15 heavy (non-hydrogen) atoms. The molecule has 0 radical (unpaired) electrons. The van der Waals surface area contributed by atoms with Crippen LogP contribution >= 0.6 is 0 Å². The topological polar surface area (TPSA) is 104 Å². The number of rotatable bonds is 2. The number of carbonyl (C=O) groups excluding carboxylic acids is 1. The number of aliphatic carboxylic acids is 2. The number of carboxylic acids is 2. The first-order chi connectivity index (χ1) is 7.02. The van der Waals surface area contributed by atoms with Gasteiger partial charge >= 0.3 is 17.8 Å². The van der Waals surface area contributed by atoms with Crippen LogP contribution in [0.25, 0.3) is 0 Å². The third-order valence-corrected chi connectivity index (χ3v) is 2.18. The molecule has 0 fully saturated rings. The van der Waals surface area contributed by atoms with E-state index in [1.54, 1.807) is 0 Å². The number of amides is 1. The van der Waals surface area contributed by atoms with E-state index in [0.717, 1.165) is 12.8 Å². The highest BCUT2D eigenvalue weighted by atomic mass is 16.4. The normalized spacial score (nSPS) is 16.0. The first-order valence-electron chi connectivity index (χ1n) is 4.52. The molecule has 0 atom stereocenters. The summed E-state index contributed by atoms with van der Waals surface area (Å²) < 4.78 is 0. The van der Waals surface area contributed by atoms with Crippen molar-refractivity contribution in [2.24, 2.45) is 0 Å². The molecule has 0 heterocycles. The van der Waals surface area contributed by atoms with Gasteiger partial charge in [0.05, 0.1) is 5.57 Å². The Morgan fingerprint density at radius 3 is 2.20 bits per heavy atom. The zero-order valence-corrected chi connectivity index (χ0v) is 7.95. The van der Waals surface area contributed by atoms with E-state index < -0.39 is 17.8 Å². The summed E-state index contributed by atoms with van der Waals surface area (Å²) in [6.07, 6.45) is 2.27. The summed E-state index contributed by atoms with van der Waals surface area (Å²) in [5.41, 5.74) is 0.331. The van der Waals surface area contributed by atoms with Gasteiger partial charge in [-0.3, -0.25) is 4.79 Å². The second kappa shape index (κ2) is 4.59. The van der Waals surface area contributed by atoms with Gasteiger partial charge in [-0.2, -0.15) is 0 Å². The maximum Gasteiger partial charge on any atom is 0.394 e. The van der Waals surface area contributed by atoms with Crippen LogP contribution in [0.2, 0.25) is 0 Å². The Morgan fingerprint density at radius 2 is 1.67 bits per heavy atom. The van der Waals surface area contributed by atoms with Crippen LogP contribution in [0, 0.1) is 0 Å². The average molecular weight is 213 g/mol. The van der Waals surface area contributed by atoms with E-state index in [0.29, 0.717) is 12.8 Å². The minimum Gasteiger partial charge on any atom is -0.478 e. The van der Waals surface area contributed by atoms with Gasteiger partial charge in [-0.1, -0.05) is 0 Å². The molecule has 0 aromatic heterocycles. The Morgan fingerprint density at radius 1 is 1.07 bits per heavy atom. The summed E-state index contributed by atoms with van der Waals surface area (Å²) in [6, 6.07) is 0. The fourth-order valence-corrected chi connectivity index (χ4v) is 1.47. The van der Waals surface area contributed by atoms with Crippen LogP contribution in [0.15, 0.2) is 11.3 Å². The van der Waals surface area contributed by atoms with Crippen molar-refractivity contribution in [3.63, 3.8) is 0 Å². The van der Waals surface area contributed by atoms with Gasteiger partial charge < -0.3 is 15.5 Å². The molecule has 0 aliphatic heterocycles. The predicted octanol–water partition coefficient (Wildman–Crippen LogP) is 0.0999. The molecule has 6 nitrogen and oxygen atoms in total. The van der Waals surface area contributed by atoms with Gasteiger partial charge in [-0.05, 0) is 25.7 Å². The van der Waals surface area contributed by atoms with Crippen LogP contribution in [0.1, 0.15) is 25.7 Å². The van der Waals surface area contributed by atoms with Crippen molar-refractivity contribution in [1.82, 2.24) is 5.32 Å². The summed E-state index contributed by atoms with van der Waals surface area (Å²) in [6.45, 7) is 0. The van der Waals surface area contributed by atoms with Gasteiger partial charge in [0.2, 0.25) is 0 Å². The maximum atomic E-state index is 10.8. The van der Waals surface area contributed by atoms with Crippen LogP contribution in [-0.2, 0) is 14.4 Å². The number of hydrogen-bond donors (Lipinski definition) is 3. The highest BCUT2D eigenvalue weighted by molar-refractivity contribution is 6.32. The van der Waals surface area contributed by atoms with Gasteiger partial charge in [-0.15, -0.1) is 0 Å². The monoisotopic (exact) mass is 213 g/mol. The molecule has 1 aliphatic carbocycles. The smallest absolute Gasteiger partial charge is 0.394 e. The molecule has 3 N–H and O–H groups in total. The SMILES string of the molecule is O=C(O)C(=O)NC1=C(C(=O)O)CCCC1. The Labute approximate surface area is 85.6 Å². The summed E-state index contributed by atoms with van der Waals surface area (Å²) in [5.74, 6) is -3.90. The summed E-state index contributed by atoms with van der Waals surface area (Å²) in [7, 11) is 0. The van der Waals surface area contributed by atoms with Crippen LogP contribution in [0.3, 0.4) is 0 Å². The summed E-state index contributed by atoms with van der Waals surface area (Å²) >= 11 is 0. The Bertz CT molecular complexity index is 344. The molecule has 0 aromatic rings. The molecule has 0 spiro atoms. The second-order valence-electron chi connectivity index (χ2n) is 3.23. The van der Waals surface area contributed by atoms with Gasteiger partial charge in [0.1, 0.15) is 0 Å². The van der Waals surface area contributed by atoms with Crippen LogP contribution in [0.4, 0.5) is 0 Å². The predicted molar refractivity (Wildman–Crippen MR) is 48.9 cm³/mol. The molecule has 6 heteroatoms. The largest absolute Gasteiger partial charge is 0.478 e. The van der Waals surface area contributed by atoms with Crippen molar-refractivity contribution in [3.05, 3.63) is 11.3 Å². The second-order valence-corrected chi connectivity index (χ2v) is 3.23. The van der Waals surface area contributed by atoms with Crippen LogP contribution in [0.5, 0.6) is 0 Å². The van der Waals surface area contributed by atoms with E-state index in [9.17, 15) is 14.4 Å². The minimum absolute atomic E-state index is 0.107. The molecule has 0 saturated heterocycles. The Hall–Kier alpha value is -1.85. The highest BCUT2D eigenvalue weighted by Crippen LogP contribution is 2.22.